The lowest BCUT2D eigenvalue weighted by molar-refractivity contribution is 0.410. The van der Waals surface area contributed by atoms with Gasteiger partial charge in [0.05, 0.1) is 7.11 Å². The van der Waals surface area contributed by atoms with Crippen LogP contribution in [0.5, 0.6) is 5.75 Å². The Kier molecular flexibility index (Phi) is 3.55. The molecule has 0 spiro atoms. The minimum Gasteiger partial charge on any atom is -0.496 e. The number of hydrogen-bond donors (Lipinski definition) is 1. The van der Waals surface area contributed by atoms with E-state index in [1.807, 2.05) is 19.1 Å². The third-order valence-electron chi connectivity index (χ3n) is 2.45. The predicted molar refractivity (Wildman–Crippen MR) is 67.1 cm³/mol. The van der Waals surface area contributed by atoms with Crippen molar-refractivity contribution in [3.05, 3.63) is 47.8 Å². The summed E-state index contributed by atoms with van der Waals surface area (Å²) >= 11 is 0. The molecule has 4 nitrogen and oxygen atoms in total. The number of hydrogen-bond acceptors (Lipinski definition) is 4. The molecule has 88 valence electrons. The number of ether oxygens (including phenoxy) is 1. The van der Waals surface area contributed by atoms with E-state index in [-0.39, 0.29) is 0 Å². The summed E-state index contributed by atoms with van der Waals surface area (Å²) in [6, 6.07) is 7.91. The molecule has 1 aromatic heterocycles. The summed E-state index contributed by atoms with van der Waals surface area (Å²) in [7, 11) is 1.68. The summed E-state index contributed by atoms with van der Waals surface area (Å²) in [5, 5.41) is 3.15. The lowest BCUT2D eigenvalue weighted by Crippen LogP contribution is -2.04. The van der Waals surface area contributed by atoms with E-state index in [1.54, 1.807) is 25.6 Å². The van der Waals surface area contributed by atoms with Crippen LogP contribution in [0, 0.1) is 6.92 Å². The summed E-state index contributed by atoms with van der Waals surface area (Å²) in [5.74, 6) is 1.50. The fraction of sp³-hybridized carbons (Fsp3) is 0.231. The maximum Gasteiger partial charge on any atom is 0.222 e. The van der Waals surface area contributed by atoms with E-state index in [2.05, 4.69) is 21.4 Å². The van der Waals surface area contributed by atoms with Crippen molar-refractivity contribution in [1.29, 1.82) is 0 Å². The molecule has 17 heavy (non-hydrogen) atoms. The van der Waals surface area contributed by atoms with Gasteiger partial charge in [0.1, 0.15) is 5.75 Å². The van der Waals surface area contributed by atoms with Crippen LogP contribution >= 0.6 is 0 Å². The lowest BCUT2D eigenvalue weighted by Gasteiger charge is -2.10. The van der Waals surface area contributed by atoms with Crippen LogP contribution in [0.1, 0.15) is 11.1 Å². The van der Waals surface area contributed by atoms with Crippen LogP contribution in [0.25, 0.3) is 0 Å². The molecule has 0 radical (unpaired) electrons. The van der Waals surface area contributed by atoms with Crippen LogP contribution in [0.3, 0.4) is 0 Å². The van der Waals surface area contributed by atoms with Gasteiger partial charge in [0.25, 0.3) is 0 Å². The molecule has 0 aliphatic carbocycles. The molecule has 4 heteroatoms. The summed E-state index contributed by atoms with van der Waals surface area (Å²) < 4.78 is 5.33. The highest BCUT2D eigenvalue weighted by molar-refractivity contribution is 5.39. The summed E-state index contributed by atoms with van der Waals surface area (Å²) in [6.07, 6.45) is 3.42. The smallest absolute Gasteiger partial charge is 0.222 e. The number of nitrogens with one attached hydrogen (secondary N) is 1. The first kappa shape index (κ1) is 11.4. The number of benzene rings is 1. The largest absolute Gasteiger partial charge is 0.496 e. The first-order chi connectivity index (χ1) is 8.29. The number of aryl methyl sites for hydroxylation is 1. The molecule has 1 heterocycles. The number of aromatic nitrogens is 2. The van der Waals surface area contributed by atoms with Crippen molar-refractivity contribution in [2.45, 2.75) is 13.5 Å². The zero-order valence-electron chi connectivity index (χ0n) is 9.97. The second-order valence-electron chi connectivity index (χ2n) is 3.74. The Balaban J connectivity index is 2.09. The quantitative estimate of drug-likeness (QED) is 0.874. The fourth-order valence-electron chi connectivity index (χ4n) is 1.56. The molecule has 0 aliphatic rings. The van der Waals surface area contributed by atoms with Gasteiger partial charge in [-0.15, -0.1) is 0 Å². The average Bonchev–Trinajstić information content (AvgIpc) is 2.38. The second kappa shape index (κ2) is 5.30. The van der Waals surface area contributed by atoms with Gasteiger partial charge in [-0.3, -0.25) is 0 Å². The highest BCUT2D eigenvalue weighted by Crippen LogP contribution is 2.20. The summed E-state index contributed by atoms with van der Waals surface area (Å²) in [4.78, 5) is 8.21. The Morgan fingerprint density at radius 3 is 2.71 bits per heavy atom. The van der Waals surface area contributed by atoms with Crippen molar-refractivity contribution >= 4 is 5.95 Å². The van der Waals surface area contributed by atoms with Gasteiger partial charge in [0, 0.05) is 24.5 Å². The van der Waals surface area contributed by atoms with Gasteiger partial charge in [-0.2, -0.15) is 0 Å². The standard InChI is InChI=1S/C13H15N3O/c1-10-4-5-11(12(8-10)17-2)9-16-13-14-6-3-7-15-13/h3-8H,9H2,1-2H3,(H,14,15,16). The highest BCUT2D eigenvalue weighted by Gasteiger charge is 2.03. The van der Waals surface area contributed by atoms with Crippen LogP contribution < -0.4 is 10.1 Å². The first-order valence-electron chi connectivity index (χ1n) is 5.44. The van der Waals surface area contributed by atoms with Crippen molar-refractivity contribution in [2.75, 3.05) is 12.4 Å². The Morgan fingerprint density at radius 2 is 2.00 bits per heavy atom. The molecule has 1 aromatic carbocycles. The van der Waals surface area contributed by atoms with Gasteiger partial charge in [-0.1, -0.05) is 12.1 Å². The topological polar surface area (TPSA) is 47.0 Å². The maximum absolute atomic E-state index is 5.33. The van der Waals surface area contributed by atoms with E-state index in [4.69, 9.17) is 4.74 Å². The fourth-order valence-corrected chi connectivity index (χ4v) is 1.56. The Labute approximate surface area is 101 Å². The number of rotatable bonds is 4. The van der Waals surface area contributed by atoms with E-state index in [0.717, 1.165) is 11.3 Å². The molecule has 2 rings (SSSR count). The van der Waals surface area contributed by atoms with Crippen LogP contribution in [-0.2, 0) is 6.54 Å². The molecule has 0 amide bonds. The van der Waals surface area contributed by atoms with Gasteiger partial charge >= 0.3 is 0 Å². The van der Waals surface area contributed by atoms with Crippen LogP contribution in [0.15, 0.2) is 36.7 Å². The lowest BCUT2D eigenvalue weighted by atomic mass is 10.1. The minimum absolute atomic E-state index is 0.620. The van der Waals surface area contributed by atoms with Gasteiger partial charge in [-0.05, 0) is 24.6 Å². The van der Waals surface area contributed by atoms with E-state index in [0.29, 0.717) is 12.5 Å². The van der Waals surface area contributed by atoms with E-state index in [9.17, 15) is 0 Å². The normalized spacial score (nSPS) is 10.0. The van der Waals surface area contributed by atoms with E-state index >= 15 is 0 Å². The molecule has 0 saturated heterocycles. The van der Waals surface area contributed by atoms with E-state index < -0.39 is 0 Å². The van der Waals surface area contributed by atoms with Crippen molar-refractivity contribution in [1.82, 2.24) is 9.97 Å². The average molecular weight is 229 g/mol. The predicted octanol–water partition coefficient (Wildman–Crippen LogP) is 2.41. The first-order valence-corrected chi connectivity index (χ1v) is 5.44. The Hall–Kier alpha value is -2.10. The SMILES string of the molecule is COc1cc(C)ccc1CNc1ncccn1. The number of anilines is 1. The molecule has 1 N–H and O–H groups in total. The zero-order valence-corrected chi connectivity index (χ0v) is 9.97. The number of methoxy groups -OCH3 is 1. The molecule has 0 aliphatic heterocycles. The number of nitrogens with zero attached hydrogens (tertiary/aromatic N) is 2. The highest BCUT2D eigenvalue weighted by atomic mass is 16.5. The van der Waals surface area contributed by atoms with Crippen LogP contribution in [-0.4, -0.2) is 17.1 Å². The molecular formula is C13H15N3O. The molecule has 0 bridgehead atoms. The molecule has 0 fully saturated rings. The van der Waals surface area contributed by atoms with Crippen LogP contribution in [0.4, 0.5) is 5.95 Å². The summed E-state index contributed by atoms with van der Waals surface area (Å²) in [5.41, 5.74) is 2.27. The van der Waals surface area contributed by atoms with E-state index in [1.165, 1.54) is 5.56 Å². The molecule has 2 aromatic rings. The van der Waals surface area contributed by atoms with Crippen molar-refractivity contribution in [2.24, 2.45) is 0 Å². The zero-order chi connectivity index (χ0) is 12.1. The van der Waals surface area contributed by atoms with Gasteiger partial charge in [0.2, 0.25) is 5.95 Å². The third-order valence-corrected chi connectivity index (χ3v) is 2.45. The second-order valence-corrected chi connectivity index (χ2v) is 3.74. The molecule has 0 unspecified atom stereocenters. The van der Waals surface area contributed by atoms with Gasteiger partial charge < -0.3 is 10.1 Å². The van der Waals surface area contributed by atoms with Crippen molar-refractivity contribution in [3.63, 3.8) is 0 Å². The van der Waals surface area contributed by atoms with Gasteiger partial charge in [0.15, 0.2) is 0 Å². The van der Waals surface area contributed by atoms with Gasteiger partial charge in [-0.25, -0.2) is 9.97 Å². The Morgan fingerprint density at radius 1 is 1.24 bits per heavy atom. The minimum atomic E-state index is 0.620. The Bertz CT molecular complexity index is 485. The van der Waals surface area contributed by atoms with Crippen molar-refractivity contribution < 1.29 is 4.74 Å². The molecular weight excluding hydrogens is 214 g/mol. The monoisotopic (exact) mass is 229 g/mol. The van der Waals surface area contributed by atoms with Crippen molar-refractivity contribution in [3.8, 4) is 5.75 Å². The van der Waals surface area contributed by atoms with Crippen LogP contribution in [0.2, 0.25) is 0 Å². The summed E-state index contributed by atoms with van der Waals surface area (Å²) in [6.45, 7) is 2.69. The maximum atomic E-state index is 5.33. The molecule has 0 saturated carbocycles. The molecule has 0 atom stereocenters. The third kappa shape index (κ3) is 2.93.